The molecule has 1 aromatic heterocycles. The highest BCUT2D eigenvalue weighted by Crippen LogP contribution is 2.20. The quantitative estimate of drug-likeness (QED) is 0.633. The second-order valence-electron chi connectivity index (χ2n) is 3.14. The predicted octanol–water partition coefficient (Wildman–Crippen LogP) is 1.16. The Morgan fingerprint density at radius 3 is 2.78 bits per heavy atom. The number of rotatable bonds is 3. The van der Waals surface area contributed by atoms with Crippen LogP contribution < -0.4 is 4.74 Å². The highest BCUT2D eigenvalue weighted by molar-refractivity contribution is 7.08. The number of aromatic carboxylic acids is 1. The van der Waals surface area contributed by atoms with Gasteiger partial charge >= 0.3 is 11.9 Å². The monoisotopic (exact) mass is 266 g/mol. The van der Waals surface area contributed by atoms with E-state index in [0.717, 1.165) is 0 Å². The van der Waals surface area contributed by atoms with Crippen LogP contribution in [0.3, 0.4) is 0 Å². The second-order valence-corrected chi connectivity index (χ2v) is 3.90. The standard InChI is InChI=1S/C10H6N2O5S/c13-5-2-1-3-6(4-5)17-10(16)8-7(9(14)15)11-12-18-8/h1-4,13H,(H,14,15). The maximum Gasteiger partial charge on any atom is 0.358 e. The summed E-state index contributed by atoms with van der Waals surface area (Å²) in [5.74, 6) is -2.20. The van der Waals surface area contributed by atoms with Crippen molar-refractivity contribution in [1.29, 1.82) is 0 Å². The van der Waals surface area contributed by atoms with Crippen LogP contribution in [-0.4, -0.2) is 31.7 Å². The van der Waals surface area contributed by atoms with Gasteiger partial charge in [-0.05, 0) is 23.7 Å². The third-order valence-electron chi connectivity index (χ3n) is 1.90. The molecular weight excluding hydrogens is 260 g/mol. The number of carbonyl (C=O) groups excluding carboxylic acids is 1. The molecule has 0 aliphatic carbocycles. The fraction of sp³-hybridized carbons (Fsp3) is 0. The van der Waals surface area contributed by atoms with Gasteiger partial charge in [0.2, 0.25) is 0 Å². The average molecular weight is 266 g/mol. The normalized spacial score (nSPS) is 10.0. The maximum atomic E-state index is 11.7. The second kappa shape index (κ2) is 4.80. The van der Waals surface area contributed by atoms with Crippen molar-refractivity contribution < 1.29 is 24.5 Å². The summed E-state index contributed by atoms with van der Waals surface area (Å²) in [6.45, 7) is 0. The van der Waals surface area contributed by atoms with Crippen LogP contribution in [0, 0.1) is 0 Å². The van der Waals surface area contributed by atoms with Crippen LogP contribution in [0.25, 0.3) is 0 Å². The number of esters is 1. The Bertz CT molecular complexity index is 610. The lowest BCUT2D eigenvalue weighted by molar-refractivity contribution is 0.0665. The van der Waals surface area contributed by atoms with Gasteiger partial charge in [0.05, 0.1) is 0 Å². The summed E-state index contributed by atoms with van der Waals surface area (Å²) in [6, 6.07) is 5.58. The predicted molar refractivity (Wildman–Crippen MR) is 59.9 cm³/mol. The molecule has 1 heterocycles. The highest BCUT2D eigenvalue weighted by atomic mass is 32.1. The van der Waals surface area contributed by atoms with Gasteiger partial charge in [-0.25, -0.2) is 9.59 Å². The molecule has 8 heteroatoms. The van der Waals surface area contributed by atoms with E-state index in [1.807, 2.05) is 0 Å². The van der Waals surface area contributed by atoms with E-state index in [1.54, 1.807) is 0 Å². The Morgan fingerprint density at radius 2 is 2.11 bits per heavy atom. The van der Waals surface area contributed by atoms with Gasteiger partial charge in [0.1, 0.15) is 11.5 Å². The van der Waals surface area contributed by atoms with Gasteiger partial charge in [0, 0.05) is 6.07 Å². The molecule has 1 aromatic carbocycles. The van der Waals surface area contributed by atoms with Crippen LogP contribution in [0.4, 0.5) is 0 Å². The van der Waals surface area contributed by atoms with Gasteiger partial charge in [-0.2, -0.15) is 0 Å². The zero-order valence-corrected chi connectivity index (χ0v) is 9.55. The Balaban J connectivity index is 2.22. The van der Waals surface area contributed by atoms with Crippen molar-refractivity contribution in [2.45, 2.75) is 0 Å². The molecule has 0 radical (unpaired) electrons. The first-order valence-corrected chi connectivity index (χ1v) is 5.42. The molecule has 0 bridgehead atoms. The number of nitrogens with zero attached hydrogens (tertiary/aromatic N) is 2. The van der Waals surface area contributed by atoms with Gasteiger partial charge < -0.3 is 14.9 Å². The number of aromatic nitrogens is 2. The molecule has 0 spiro atoms. The molecule has 0 amide bonds. The topological polar surface area (TPSA) is 110 Å². The summed E-state index contributed by atoms with van der Waals surface area (Å²) in [5, 5.41) is 21.3. The fourth-order valence-corrected chi connectivity index (χ4v) is 1.70. The zero-order valence-electron chi connectivity index (χ0n) is 8.73. The maximum absolute atomic E-state index is 11.7. The van der Waals surface area contributed by atoms with E-state index in [1.165, 1.54) is 24.3 Å². The van der Waals surface area contributed by atoms with Crippen LogP contribution in [-0.2, 0) is 0 Å². The molecular formula is C10H6N2O5S. The van der Waals surface area contributed by atoms with Crippen molar-refractivity contribution in [2.24, 2.45) is 0 Å². The van der Waals surface area contributed by atoms with E-state index in [4.69, 9.17) is 9.84 Å². The number of carboxylic acid groups (broad SMARTS) is 1. The minimum absolute atomic E-state index is 0.0683. The van der Waals surface area contributed by atoms with E-state index in [9.17, 15) is 14.7 Å². The van der Waals surface area contributed by atoms with E-state index in [0.29, 0.717) is 11.5 Å². The van der Waals surface area contributed by atoms with E-state index in [-0.39, 0.29) is 16.4 Å². The summed E-state index contributed by atoms with van der Waals surface area (Å²) in [7, 11) is 0. The summed E-state index contributed by atoms with van der Waals surface area (Å²) in [6.07, 6.45) is 0. The molecule has 7 nitrogen and oxygen atoms in total. The van der Waals surface area contributed by atoms with Crippen LogP contribution in [0.5, 0.6) is 11.5 Å². The van der Waals surface area contributed by atoms with Crippen molar-refractivity contribution in [3.63, 3.8) is 0 Å². The van der Waals surface area contributed by atoms with Crippen molar-refractivity contribution in [3.8, 4) is 11.5 Å². The first-order chi connectivity index (χ1) is 8.58. The Kier molecular flexibility index (Phi) is 3.20. The van der Waals surface area contributed by atoms with Crippen LogP contribution in [0.2, 0.25) is 0 Å². The molecule has 0 fully saturated rings. The molecule has 2 rings (SSSR count). The number of benzene rings is 1. The Morgan fingerprint density at radius 1 is 1.33 bits per heavy atom. The number of hydrogen-bond acceptors (Lipinski definition) is 7. The molecule has 0 unspecified atom stereocenters. The zero-order chi connectivity index (χ0) is 13.1. The van der Waals surface area contributed by atoms with Gasteiger partial charge in [0.25, 0.3) is 0 Å². The summed E-state index contributed by atoms with van der Waals surface area (Å²) < 4.78 is 8.28. The minimum Gasteiger partial charge on any atom is -0.508 e. The minimum atomic E-state index is -1.35. The lowest BCUT2D eigenvalue weighted by Crippen LogP contribution is -2.12. The van der Waals surface area contributed by atoms with Gasteiger partial charge in [0.15, 0.2) is 10.6 Å². The largest absolute Gasteiger partial charge is 0.508 e. The Hall–Kier alpha value is -2.48. The van der Waals surface area contributed by atoms with Crippen molar-refractivity contribution in [1.82, 2.24) is 9.59 Å². The molecule has 0 atom stereocenters. The number of phenols is 1. The molecule has 0 saturated heterocycles. The molecule has 2 aromatic rings. The van der Waals surface area contributed by atoms with Gasteiger partial charge in [-0.3, -0.25) is 0 Å². The van der Waals surface area contributed by atoms with Crippen LogP contribution in [0.1, 0.15) is 20.2 Å². The summed E-state index contributed by atoms with van der Waals surface area (Å²) >= 11 is 0.630. The number of ether oxygens (including phenoxy) is 1. The lowest BCUT2D eigenvalue weighted by Gasteiger charge is -2.02. The smallest absolute Gasteiger partial charge is 0.358 e. The van der Waals surface area contributed by atoms with Gasteiger partial charge in [-0.1, -0.05) is 10.6 Å². The number of aromatic hydroxyl groups is 1. The van der Waals surface area contributed by atoms with Crippen LogP contribution in [0.15, 0.2) is 24.3 Å². The van der Waals surface area contributed by atoms with Crippen molar-refractivity contribution in [2.75, 3.05) is 0 Å². The fourth-order valence-electron chi connectivity index (χ4n) is 1.16. The van der Waals surface area contributed by atoms with E-state index in [2.05, 4.69) is 9.59 Å². The summed E-state index contributed by atoms with van der Waals surface area (Å²) in [4.78, 5) is 22.2. The Labute approximate surface area is 104 Å². The summed E-state index contributed by atoms with van der Waals surface area (Å²) in [5.41, 5.74) is -0.454. The number of phenolic OH excluding ortho intramolecular Hbond substituents is 1. The van der Waals surface area contributed by atoms with Gasteiger partial charge in [-0.15, -0.1) is 5.10 Å². The number of carbonyl (C=O) groups is 2. The van der Waals surface area contributed by atoms with Crippen molar-refractivity contribution in [3.05, 3.63) is 34.8 Å². The molecule has 0 aliphatic heterocycles. The molecule has 0 saturated carbocycles. The number of carboxylic acids is 1. The number of hydrogen-bond donors (Lipinski definition) is 2. The third-order valence-corrected chi connectivity index (χ3v) is 2.61. The molecule has 92 valence electrons. The molecule has 0 aliphatic rings. The first-order valence-electron chi connectivity index (χ1n) is 4.65. The highest BCUT2D eigenvalue weighted by Gasteiger charge is 2.23. The van der Waals surface area contributed by atoms with Crippen LogP contribution >= 0.6 is 11.5 Å². The molecule has 2 N–H and O–H groups in total. The third kappa shape index (κ3) is 2.43. The van der Waals surface area contributed by atoms with E-state index < -0.39 is 17.6 Å². The van der Waals surface area contributed by atoms with E-state index >= 15 is 0 Å². The molecule has 18 heavy (non-hydrogen) atoms. The SMILES string of the molecule is O=C(O)c1nnsc1C(=O)Oc1cccc(O)c1. The first kappa shape index (κ1) is 12.0. The van der Waals surface area contributed by atoms with Crippen molar-refractivity contribution >= 4 is 23.5 Å². The average Bonchev–Trinajstić information content (AvgIpc) is 2.77. The lowest BCUT2D eigenvalue weighted by atomic mass is 10.3.